The Balaban J connectivity index is 2.15. The molecular weight excluding hydrogens is 342 g/mol. The predicted molar refractivity (Wildman–Crippen MR) is 93.1 cm³/mol. The first-order chi connectivity index (χ1) is 10.5. The van der Waals surface area contributed by atoms with E-state index in [9.17, 15) is 4.79 Å². The van der Waals surface area contributed by atoms with E-state index in [-0.39, 0.29) is 18.7 Å². The van der Waals surface area contributed by atoms with Gasteiger partial charge in [-0.25, -0.2) is 4.79 Å². The van der Waals surface area contributed by atoms with Crippen LogP contribution in [0.2, 0.25) is 0 Å². The van der Waals surface area contributed by atoms with E-state index in [4.69, 9.17) is 4.74 Å². The van der Waals surface area contributed by atoms with Gasteiger partial charge in [0.15, 0.2) is 0 Å². The van der Waals surface area contributed by atoms with E-state index in [0.29, 0.717) is 0 Å². The number of aryl methyl sites for hydroxylation is 1. The maximum absolute atomic E-state index is 12.5. The van der Waals surface area contributed by atoms with Gasteiger partial charge in [-0.2, -0.15) is 0 Å². The fraction of sp³-hybridized carbons (Fsp3) is 0.278. The highest BCUT2D eigenvalue weighted by Crippen LogP contribution is 2.29. The highest BCUT2D eigenvalue weighted by atomic mass is 79.9. The van der Waals surface area contributed by atoms with Crippen LogP contribution < -0.4 is 4.90 Å². The van der Waals surface area contributed by atoms with Crippen LogP contribution in [0.4, 0.5) is 10.5 Å². The fourth-order valence-corrected chi connectivity index (χ4v) is 2.87. The summed E-state index contributed by atoms with van der Waals surface area (Å²) in [6.07, 6.45) is -0.344. The van der Waals surface area contributed by atoms with E-state index in [0.717, 1.165) is 21.3 Å². The monoisotopic (exact) mass is 361 g/mol. The topological polar surface area (TPSA) is 29.5 Å². The molecule has 2 aromatic rings. The van der Waals surface area contributed by atoms with Crippen LogP contribution in [0.1, 0.15) is 25.0 Å². The third kappa shape index (κ3) is 4.10. The van der Waals surface area contributed by atoms with Gasteiger partial charge in [0.05, 0.1) is 5.69 Å². The summed E-state index contributed by atoms with van der Waals surface area (Å²) in [6, 6.07) is 15.6. The number of carbonyl (C=O) groups is 1. The van der Waals surface area contributed by atoms with Gasteiger partial charge >= 0.3 is 6.09 Å². The van der Waals surface area contributed by atoms with E-state index >= 15 is 0 Å². The van der Waals surface area contributed by atoms with E-state index in [1.807, 2.05) is 69.3 Å². The minimum atomic E-state index is -0.344. The number of benzene rings is 2. The maximum Gasteiger partial charge on any atom is 0.414 e. The van der Waals surface area contributed by atoms with Gasteiger partial charge in [-0.05, 0) is 60.0 Å². The summed E-state index contributed by atoms with van der Waals surface area (Å²) in [5.74, 6) is 0. The van der Waals surface area contributed by atoms with Crippen molar-refractivity contribution in [1.82, 2.24) is 0 Å². The number of amides is 1. The molecule has 0 atom stereocenters. The molecule has 0 saturated heterocycles. The summed E-state index contributed by atoms with van der Waals surface area (Å²) in [5.41, 5.74) is 2.93. The van der Waals surface area contributed by atoms with Crippen molar-refractivity contribution in [3.63, 3.8) is 0 Å². The van der Waals surface area contributed by atoms with Crippen LogP contribution in [0.25, 0.3) is 0 Å². The van der Waals surface area contributed by atoms with Crippen LogP contribution in [0.3, 0.4) is 0 Å². The zero-order valence-corrected chi connectivity index (χ0v) is 14.6. The molecule has 116 valence electrons. The SMILES string of the molecule is Cc1ccc(N(C(=O)OCc2ccccc2)C(C)C)c(Br)c1. The van der Waals surface area contributed by atoms with Crippen LogP contribution >= 0.6 is 15.9 Å². The van der Waals surface area contributed by atoms with E-state index in [1.54, 1.807) is 4.90 Å². The number of hydrogen-bond donors (Lipinski definition) is 0. The molecule has 0 aliphatic heterocycles. The third-order valence-electron chi connectivity index (χ3n) is 3.28. The lowest BCUT2D eigenvalue weighted by Gasteiger charge is -2.27. The Hall–Kier alpha value is -1.81. The van der Waals surface area contributed by atoms with E-state index < -0.39 is 0 Å². The largest absolute Gasteiger partial charge is 0.444 e. The smallest absolute Gasteiger partial charge is 0.414 e. The molecule has 0 radical (unpaired) electrons. The van der Waals surface area contributed by atoms with Crippen molar-refractivity contribution in [2.75, 3.05) is 4.90 Å². The maximum atomic E-state index is 12.5. The fourth-order valence-electron chi connectivity index (χ4n) is 2.18. The summed E-state index contributed by atoms with van der Waals surface area (Å²) < 4.78 is 6.34. The van der Waals surface area contributed by atoms with Crippen LogP contribution in [-0.2, 0) is 11.3 Å². The molecule has 0 heterocycles. The number of carbonyl (C=O) groups excluding carboxylic acids is 1. The molecule has 0 aliphatic rings. The summed E-state index contributed by atoms with van der Waals surface area (Å²) in [4.78, 5) is 14.1. The first-order valence-corrected chi connectivity index (χ1v) is 8.04. The Morgan fingerprint density at radius 3 is 2.45 bits per heavy atom. The van der Waals surface area contributed by atoms with Gasteiger partial charge in [-0.3, -0.25) is 4.90 Å². The summed E-state index contributed by atoms with van der Waals surface area (Å²) >= 11 is 3.53. The molecule has 0 saturated carbocycles. The number of hydrogen-bond acceptors (Lipinski definition) is 2. The molecule has 0 spiro atoms. The Kier molecular flexibility index (Phi) is 5.61. The van der Waals surface area contributed by atoms with Gasteiger partial charge in [0, 0.05) is 10.5 Å². The molecule has 0 unspecified atom stereocenters. The molecule has 0 bridgehead atoms. The minimum Gasteiger partial charge on any atom is -0.444 e. The highest BCUT2D eigenvalue weighted by Gasteiger charge is 2.22. The van der Waals surface area contributed by atoms with Crippen LogP contribution in [-0.4, -0.2) is 12.1 Å². The van der Waals surface area contributed by atoms with Crippen molar-refractivity contribution in [3.8, 4) is 0 Å². The molecule has 1 amide bonds. The second-order valence-corrected chi connectivity index (χ2v) is 6.31. The molecule has 22 heavy (non-hydrogen) atoms. The number of halogens is 1. The first-order valence-electron chi connectivity index (χ1n) is 7.25. The van der Waals surface area contributed by atoms with Gasteiger partial charge in [0.2, 0.25) is 0 Å². The molecule has 4 heteroatoms. The molecule has 0 aromatic heterocycles. The average Bonchev–Trinajstić information content (AvgIpc) is 2.48. The van der Waals surface area contributed by atoms with Gasteiger partial charge in [0.1, 0.15) is 6.61 Å². The van der Waals surface area contributed by atoms with Crippen LogP contribution in [0.15, 0.2) is 53.0 Å². The molecule has 0 N–H and O–H groups in total. The van der Waals surface area contributed by atoms with Crippen molar-refractivity contribution in [2.45, 2.75) is 33.4 Å². The van der Waals surface area contributed by atoms with Crippen LogP contribution in [0, 0.1) is 6.92 Å². The van der Waals surface area contributed by atoms with Gasteiger partial charge in [-0.15, -0.1) is 0 Å². The second kappa shape index (κ2) is 7.45. The van der Waals surface area contributed by atoms with Crippen molar-refractivity contribution in [3.05, 3.63) is 64.1 Å². The number of ether oxygens (including phenoxy) is 1. The lowest BCUT2D eigenvalue weighted by Crippen LogP contribution is -2.37. The standard InChI is InChI=1S/C18H20BrNO2/c1-13(2)20(17-10-9-14(3)11-16(17)19)18(21)22-12-15-7-5-4-6-8-15/h4-11,13H,12H2,1-3H3. The molecule has 2 aromatic carbocycles. The summed E-state index contributed by atoms with van der Waals surface area (Å²) in [6.45, 7) is 6.22. The zero-order chi connectivity index (χ0) is 16.1. The first kappa shape index (κ1) is 16.6. The normalized spacial score (nSPS) is 10.6. The average molecular weight is 362 g/mol. The van der Waals surface area contributed by atoms with E-state index in [2.05, 4.69) is 15.9 Å². The number of rotatable bonds is 4. The van der Waals surface area contributed by atoms with Crippen molar-refractivity contribution >= 4 is 27.7 Å². The molecule has 2 rings (SSSR count). The quantitative estimate of drug-likeness (QED) is 0.738. The zero-order valence-electron chi connectivity index (χ0n) is 13.0. The lowest BCUT2D eigenvalue weighted by molar-refractivity contribution is 0.145. The Labute approximate surface area is 140 Å². The highest BCUT2D eigenvalue weighted by molar-refractivity contribution is 9.10. The number of anilines is 1. The van der Waals surface area contributed by atoms with Gasteiger partial charge in [-0.1, -0.05) is 36.4 Å². The Morgan fingerprint density at radius 1 is 1.18 bits per heavy atom. The Morgan fingerprint density at radius 2 is 1.86 bits per heavy atom. The predicted octanol–water partition coefficient (Wildman–Crippen LogP) is 5.31. The summed E-state index contributed by atoms with van der Waals surface area (Å²) in [5, 5.41) is 0. The second-order valence-electron chi connectivity index (χ2n) is 5.46. The molecular formula is C18H20BrNO2. The van der Waals surface area contributed by atoms with Crippen LogP contribution in [0.5, 0.6) is 0 Å². The Bertz CT molecular complexity index is 641. The molecule has 3 nitrogen and oxygen atoms in total. The van der Waals surface area contributed by atoms with Gasteiger partial charge in [0.25, 0.3) is 0 Å². The third-order valence-corrected chi connectivity index (χ3v) is 3.92. The van der Waals surface area contributed by atoms with Crippen molar-refractivity contribution in [1.29, 1.82) is 0 Å². The lowest BCUT2D eigenvalue weighted by atomic mass is 10.2. The number of nitrogens with zero attached hydrogens (tertiary/aromatic N) is 1. The molecule has 0 aliphatic carbocycles. The van der Waals surface area contributed by atoms with E-state index in [1.165, 1.54) is 0 Å². The minimum absolute atomic E-state index is 0.00211. The molecule has 0 fully saturated rings. The van der Waals surface area contributed by atoms with Crippen molar-refractivity contribution < 1.29 is 9.53 Å². The van der Waals surface area contributed by atoms with Crippen molar-refractivity contribution in [2.24, 2.45) is 0 Å². The summed E-state index contributed by atoms with van der Waals surface area (Å²) in [7, 11) is 0. The van der Waals surface area contributed by atoms with Gasteiger partial charge < -0.3 is 4.74 Å².